The molecule has 0 bridgehead atoms. The zero-order valence-electron chi connectivity index (χ0n) is 11.3. The number of unbranched alkanes of at least 4 members (excludes halogenated alkanes) is 1. The zero-order valence-corrected chi connectivity index (χ0v) is 12.2. The van der Waals surface area contributed by atoms with Crippen molar-refractivity contribution in [3.05, 3.63) is 42.5 Å². The van der Waals surface area contributed by atoms with Crippen LogP contribution < -0.4 is 0 Å². The second kappa shape index (κ2) is 5.72. The smallest absolute Gasteiger partial charge is 0.207 e. The maximum absolute atomic E-state index is 12.4. The van der Waals surface area contributed by atoms with Crippen molar-refractivity contribution in [1.29, 1.82) is 0 Å². The van der Waals surface area contributed by atoms with Crippen molar-refractivity contribution in [3.8, 4) is 0 Å². The largest absolute Gasteiger partial charge is 0.242 e. The highest BCUT2D eigenvalue weighted by atomic mass is 32.2. The molecule has 0 atom stereocenters. The van der Waals surface area contributed by atoms with E-state index in [0.29, 0.717) is 11.4 Å². The number of rotatable bonds is 5. The average molecular weight is 277 g/mol. The van der Waals surface area contributed by atoms with Gasteiger partial charge in [0.2, 0.25) is 10.0 Å². The van der Waals surface area contributed by atoms with Crippen LogP contribution in [0.3, 0.4) is 0 Å². The standard InChI is InChI=1S/C15H19NO2S/c1-3-4-11-16(2)19(17,18)15-10-9-13-7-5-6-8-14(13)12-15/h5-10,12H,3-4,11H2,1-2H3. The number of benzene rings is 2. The molecule has 0 aliphatic carbocycles. The van der Waals surface area contributed by atoms with Gasteiger partial charge in [0.1, 0.15) is 0 Å². The van der Waals surface area contributed by atoms with Crippen LogP contribution in [0.25, 0.3) is 10.8 Å². The Morgan fingerprint density at radius 3 is 2.42 bits per heavy atom. The Morgan fingerprint density at radius 1 is 1.05 bits per heavy atom. The minimum Gasteiger partial charge on any atom is -0.207 e. The Bertz CT molecular complexity index is 665. The zero-order chi connectivity index (χ0) is 13.9. The first-order valence-electron chi connectivity index (χ1n) is 6.51. The van der Waals surface area contributed by atoms with Crippen LogP contribution in [0.5, 0.6) is 0 Å². The summed E-state index contributed by atoms with van der Waals surface area (Å²) in [5.74, 6) is 0. The van der Waals surface area contributed by atoms with Gasteiger partial charge in [-0.25, -0.2) is 12.7 Å². The maximum Gasteiger partial charge on any atom is 0.242 e. The third-order valence-corrected chi connectivity index (χ3v) is 5.11. The lowest BCUT2D eigenvalue weighted by Gasteiger charge is -2.17. The van der Waals surface area contributed by atoms with Crippen LogP contribution in [0.4, 0.5) is 0 Å². The third kappa shape index (κ3) is 2.96. The number of fused-ring (bicyclic) bond motifs is 1. The van der Waals surface area contributed by atoms with Crippen molar-refractivity contribution in [2.45, 2.75) is 24.7 Å². The number of hydrogen-bond donors (Lipinski definition) is 0. The van der Waals surface area contributed by atoms with E-state index in [9.17, 15) is 8.42 Å². The molecule has 0 spiro atoms. The first-order chi connectivity index (χ1) is 9.05. The number of nitrogens with zero attached hydrogens (tertiary/aromatic N) is 1. The van der Waals surface area contributed by atoms with Gasteiger partial charge < -0.3 is 0 Å². The summed E-state index contributed by atoms with van der Waals surface area (Å²) >= 11 is 0. The van der Waals surface area contributed by atoms with Gasteiger partial charge in [-0.1, -0.05) is 43.7 Å². The molecule has 0 saturated heterocycles. The van der Waals surface area contributed by atoms with Crippen LogP contribution in [-0.4, -0.2) is 26.3 Å². The van der Waals surface area contributed by atoms with Gasteiger partial charge >= 0.3 is 0 Å². The molecule has 0 aromatic heterocycles. The molecule has 0 amide bonds. The van der Waals surface area contributed by atoms with Crippen LogP contribution in [-0.2, 0) is 10.0 Å². The Morgan fingerprint density at radius 2 is 1.74 bits per heavy atom. The normalized spacial score (nSPS) is 12.2. The Kier molecular flexibility index (Phi) is 4.22. The lowest BCUT2D eigenvalue weighted by atomic mass is 10.1. The summed E-state index contributed by atoms with van der Waals surface area (Å²) in [6.07, 6.45) is 1.86. The van der Waals surface area contributed by atoms with Gasteiger partial charge in [-0.2, -0.15) is 0 Å². The molecule has 2 aromatic carbocycles. The predicted molar refractivity (Wildman–Crippen MR) is 78.7 cm³/mol. The molecule has 2 rings (SSSR count). The molecule has 3 nitrogen and oxygen atoms in total. The van der Waals surface area contributed by atoms with Crippen LogP contribution in [0.1, 0.15) is 19.8 Å². The summed E-state index contributed by atoms with van der Waals surface area (Å²) in [6.45, 7) is 2.61. The lowest BCUT2D eigenvalue weighted by molar-refractivity contribution is 0.459. The summed E-state index contributed by atoms with van der Waals surface area (Å²) in [5.41, 5.74) is 0. The first-order valence-corrected chi connectivity index (χ1v) is 7.95. The molecule has 19 heavy (non-hydrogen) atoms. The van der Waals surface area contributed by atoms with Gasteiger partial charge in [-0.05, 0) is 29.3 Å². The topological polar surface area (TPSA) is 37.4 Å². The van der Waals surface area contributed by atoms with Crippen molar-refractivity contribution >= 4 is 20.8 Å². The minimum absolute atomic E-state index is 0.366. The Balaban J connectivity index is 2.37. The fraction of sp³-hybridized carbons (Fsp3) is 0.333. The van der Waals surface area contributed by atoms with E-state index in [1.807, 2.05) is 30.3 Å². The molecule has 2 aromatic rings. The Labute approximate surface area is 114 Å². The highest BCUT2D eigenvalue weighted by Crippen LogP contribution is 2.21. The van der Waals surface area contributed by atoms with Crippen molar-refractivity contribution in [1.82, 2.24) is 4.31 Å². The van der Waals surface area contributed by atoms with Crippen molar-refractivity contribution in [2.24, 2.45) is 0 Å². The minimum atomic E-state index is -3.37. The number of sulfonamides is 1. The maximum atomic E-state index is 12.4. The van der Waals surface area contributed by atoms with Crippen molar-refractivity contribution < 1.29 is 8.42 Å². The highest BCUT2D eigenvalue weighted by Gasteiger charge is 2.20. The van der Waals surface area contributed by atoms with E-state index in [1.165, 1.54) is 4.31 Å². The predicted octanol–water partition coefficient (Wildman–Crippen LogP) is 3.26. The van der Waals surface area contributed by atoms with E-state index < -0.39 is 10.0 Å². The van der Waals surface area contributed by atoms with E-state index in [1.54, 1.807) is 19.2 Å². The molecular weight excluding hydrogens is 258 g/mol. The highest BCUT2D eigenvalue weighted by molar-refractivity contribution is 7.89. The average Bonchev–Trinajstić information content (AvgIpc) is 2.44. The second-order valence-corrected chi connectivity index (χ2v) is 6.73. The van der Waals surface area contributed by atoms with Gasteiger partial charge in [0.25, 0.3) is 0 Å². The SMILES string of the molecule is CCCCN(C)S(=O)(=O)c1ccc2ccccc2c1. The molecular formula is C15H19NO2S. The summed E-state index contributed by atoms with van der Waals surface area (Å²) in [7, 11) is -1.73. The van der Waals surface area contributed by atoms with E-state index >= 15 is 0 Å². The molecule has 0 radical (unpaired) electrons. The molecule has 102 valence electrons. The van der Waals surface area contributed by atoms with Gasteiger partial charge in [-0.3, -0.25) is 0 Å². The van der Waals surface area contributed by atoms with Crippen molar-refractivity contribution in [3.63, 3.8) is 0 Å². The van der Waals surface area contributed by atoms with Crippen LogP contribution in [0, 0.1) is 0 Å². The van der Waals surface area contributed by atoms with Crippen molar-refractivity contribution in [2.75, 3.05) is 13.6 Å². The monoisotopic (exact) mass is 277 g/mol. The third-order valence-electron chi connectivity index (χ3n) is 3.26. The fourth-order valence-electron chi connectivity index (χ4n) is 2.01. The molecule has 0 aliphatic heterocycles. The van der Waals surface area contributed by atoms with Gasteiger partial charge in [0.05, 0.1) is 4.90 Å². The molecule has 0 N–H and O–H groups in total. The van der Waals surface area contributed by atoms with Crippen LogP contribution >= 0.6 is 0 Å². The molecule has 0 unspecified atom stereocenters. The van der Waals surface area contributed by atoms with Gasteiger partial charge in [-0.15, -0.1) is 0 Å². The Hall–Kier alpha value is -1.39. The fourth-order valence-corrected chi connectivity index (χ4v) is 3.25. The van der Waals surface area contributed by atoms with Crippen LogP contribution in [0.15, 0.2) is 47.4 Å². The molecule has 0 heterocycles. The van der Waals surface area contributed by atoms with E-state index in [0.717, 1.165) is 23.6 Å². The molecule has 0 aliphatic rings. The van der Waals surface area contributed by atoms with Gasteiger partial charge in [0, 0.05) is 13.6 Å². The van der Waals surface area contributed by atoms with Crippen LogP contribution in [0.2, 0.25) is 0 Å². The first kappa shape index (κ1) is 14.0. The van der Waals surface area contributed by atoms with E-state index in [2.05, 4.69) is 6.92 Å². The van der Waals surface area contributed by atoms with Gasteiger partial charge in [0.15, 0.2) is 0 Å². The summed E-state index contributed by atoms with van der Waals surface area (Å²) in [5, 5.41) is 2.00. The molecule has 4 heteroatoms. The summed E-state index contributed by atoms with van der Waals surface area (Å²) in [6, 6.07) is 13.1. The van der Waals surface area contributed by atoms with E-state index in [-0.39, 0.29) is 0 Å². The second-order valence-electron chi connectivity index (χ2n) is 4.69. The molecule has 0 saturated carbocycles. The summed E-state index contributed by atoms with van der Waals surface area (Å²) < 4.78 is 26.2. The summed E-state index contributed by atoms with van der Waals surface area (Å²) in [4.78, 5) is 0.366. The number of hydrogen-bond acceptors (Lipinski definition) is 2. The quantitative estimate of drug-likeness (QED) is 0.841. The lowest BCUT2D eigenvalue weighted by Crippen LogP contribution is -2.27. The molecule has 0 fully saturated rings. The van der Waals surface area contributed by atoms with E-state index in [4.69, 9.17) is 0 Å².